The van der Waals surface area contributed by atoms with Crippen LogP contribution in [-0.2, 0) is 11.3 Å². The van der Waals surface area contributed by atoms with Crippen LogP contribution in [0, 0.1) is 5.92 Å². The van der Waals surface area contributed by atoms with Crippen LogP contribution in [0.5, 0.6) is 0 Å². The highest BCUT2D eigenvalue weighted by Gasteiger charge is 2.21. The molecule has 2 N–H and O–H groups in total. The van der Waals surface area contributed by atoms with Crippen molar-refractivity contribution in [3.05, 3.63) is 35.9 Å². The number of nitrogens with zero attached hydrogens (tertiary/aromatic N) is 5. The first kappa shape index (κ1) is 24.1. The van der Waals surface area contributed by atoms with Crippen LogP contribution in [0.1, 0.15) is 38.2 Å². The maximum Gasteiger partial charge on any atom is 0.232 e. The third-order valence-electron chi connectivity index (χ3n) is 7.10. The number of benzene rings is 1. The van der Waals surface area contributed by atoms with Gasteiger partial charge >= 0.3 is 0 Å². The first-order valence-electron chi connectivity index (χ1n) is 13.0. The molecule has 3 fully saturated rings. The first-order valence-corrected chi connectivity index (χ1v) is 13.4. The van der Waals surface area contributed by atoms with E-state index in [2.05, 4.69) is 62.6 Å². The zero-order chi connectivity index (χ0) is 24.0. The van der Waals surface area contributed by atoms with Crippen molar-refractivity contribution < 1.29 is 4.74 Å². The summed E-state index contributed by atoms with van der Waals surface area (Å²) >= 11 is 5.61. The van der Waals surface area contributed by atoms with Gasteiger partial charge in [0.15, 0.2) is 5.11 Å². The monoisotopic (exact) mass is 495 g/mol. The second-order valence-corrected chi connectivity index (χ2v) is 10.3. The maximum atomic E-state index is 5.61. The highest BCUT2D eigenvalue weighted by atomic mass is 32.1. The van der Waals surface area contributed by atoms with Gasteiger partial charge in [-0.25, -0.2) is 0 Å². The Balaban J connectivity index is 1.24. The number of aromatic nitrogens is 2. The molecule has 0 saturated carbocycles. The molecule has 35 heavy (non-hydrogen) atoms. The zero-order valence-corrected chi connectivity index (χ0v) is 21.5. The Bertz CT molecular complexity index is 990. The number of anilines is 4. The second kappa shape index (κ2) is 11.4. The molecule has 4 heterocycles. The maximum absolute atomic E-state index is 5.61. The van der Waals surface area contributed by atoms with E-state index in [0.29, 0.717) is 23.5 Å². The van der Waals surface area contributed by atoms with E-state index < -0.39 is 0 Å². The van der Waals surface area contributed by atoms with Gasteiger partial charge in [0, 0.05) is 57.6 Å². The Kier molecular flexibility index (Phi) is 7.83. The van der Waals surface area contributed by atoms with E-state index in [1.807, 2.05) is 0 Å². The van der Waals surface area contributed by atoms with Crippen LogP contribution in [0.15, 0.2) is 30.3 Å². The molecule has 0 spiro atoms. The van der Waals surface area contributed by atoms with Gasteiger partial charge in [-0.1, -0.05) is 19.1 Å². The van der Waals surface area contributed by atoms with Crippen LogP contribution in [0.3, 0.4) is 0 Å². The lowest BCUT2D eigenvalue weighted by Crippen LogP contribution is -2.38. The van der Waals surface area contributed by atoms with Crippen LogP contribution >= 0.6 is 12.2 Å². The van der Waals surface area contributed by atoms with Crippen molar-refractivity contribution in [2.45, 2.75) is 39.2 Å². The highest BCUT2D eigenvalue weighted by Crippen LogP contribution is 2.26. The Morgan fingerprint density at radius 1 is 0.943 bits per heavy atom. The average molecular weight is 496 g/mol. The summed E-state index contributed by atoms with van der Waals surface area (Å²) in [4.78, 5) is 16.8. The number of thiocarbonyl (C=S) groups is 1. The largest absolute Gasteiger partial charge is 0.378 e. The van der Waals surface area contributed by atoms with Gasteiger partial charge in [0.2, 0.25) is 5.95 Å². The second-order valence-electron chi connectivity index (χ2n) is 9.87. The molecule has 3 aliphatic rings. The number of piperidine rings is 1. The van der Waals surface area contributed by atoms with Gasteiger partial charge in [-0.05, 0) is 61.5 Å². The van der Waals surface area contributed by atoms with E-state index in [9.17, 15) is 0 Å². The van der Waals surface area contributed by atoms with Crippen LogP contribution in [0.25, 0.3) is 0 Å². The van der Waals surface area contributed by atoms with E-state index >= 15 is 0 Å². The predicted octanol–water partition coefficient (Wildman–Crippen LogP) is 3.64. The molecule has 3 saturated heterocycles. The third kappa shape index (κ3) is 6.32. The summed E-state index contributed by atoms with van der Waals surface area (Å²) < 4.78 is 5.54. The Morgan fingerprint density at radius 2 is 1.63 bits per heavy atom. The van der Waals surface area contributed by atoms with Crippen molar-refractivity contribution in [1.82, 2.24) is 15.3 Å². The minimum Gasteiger partial charge on any atom is -0.378 e. The van der Waals surface area contributed by atoms with E-state index in [1.54, 1.807) is 0 Å². The van der Waals surface area contributed by atoms with Crippen molar-refractivity contribution >= 4 is 40.6 Å². The first-order chi connectivity index (χ1) is 17.1. The molecule has 1 unspecified atom stereocenters. The molecule has 1 aromatic heterocycles. The quantitative estimate of drug-likeness (QED) is 0.585. The number of nitrogens with one attached hydrogen (secondary N) is 2. The molecule has 3 aliphatic heterocycles. The van der Waals surface area contributed by atoms with E-state index in [1.165, 1.54) is 36.9 Å². The number of hydrogen-bond donors (Lipinski definition) is 2. The van der Waals surface area contributed by atoms with Crippen molar-refractivity contribution in [3.63, 3.8) is 0 Å². The fraction of sp³-hybridized carbons (Fsp3) is 0.577. The Hall–Kier alpha value is -2.65. The summed E-state index contributed by atoms with van der Waals surface area (Å²) in [6.07, 6.45) is 5.04. The molecule has 0 amide bonds. The van der Waals surface area contributed by atoms with Crippen LogP contribution in [0.2, 0.25) is 0 Å². The highest BCUT2D eigenvalue weighted by molar-refractivity contribution is 7.80. The normalized spacial score (nSPS) is 20.7. The van der Waals surface area contributed by atoms with Gasteiger partial charge in [0.1, 0.15) is 11.6 Å². The Morgan fingerprint density at radius 3 is 2.34 bits per heavy atom. The minimum absolute atomic E-state index is 0.533. The summed E-state index contributed by atoms with van der Waals surface area (Å²) in [6, 6.07) is 10.9. The molecule has 0 bridgehead atoms. The molecule has 8 nitrogen and oxygen atoms in total. The van der Waals surface area contributed by atoms with Gasteiger partial charge in [-0.2, -0.15) is 9.97 Å². The van der Waals surface area contributed by atoms with E-state index in [4.69, 9.17) is 26.9 Å². The van der Waals surface area contributed by atoms with E-state index in [0.717, 1.165) is 64.1 Å². The standard InChI is InChI=1S/C26H37N7OS/c1-20-5-4-12-33(19-20)24-17-23(32-13-15-34-16-14-32)28-25(29-24)30-26(35)27-18-21-6-8-22(9-7-21)31-10-2-3-11-31/h6-9,17,20H,2-5,10-16,18-19H2,1H3,(H2,27,28,29,30,35). The SMILES string of the molecule is CC1CCCN(c2cc(N3CCOCC3)nc(NC(=S)NCc3ccc(N4CCCC4)cc3)n2)C1. The van der Waals surface area contributed by atoms with Crippen LogP contribution in [0.4, 0.5) is 23.3 Å². The predicted molar refractivity (Wildman–Crippen MR) is 147 cm³/mol. The lowest BCUT2D eigenvalue weighted by Gasteiger charge is -2.33. The van der Waals surface area contributed by atoms with Gasteiger partial charge in [-0.15, -0.1) is 0 Å². The van der Waals surface area contributed by atoms with Crippen molar-refractivity contribution in [2.75, 3.05) is 72.5 Å². The summed E-state index contributed by atoms with van der Waals surface area (Å²) in [5.41, 5.74) is 2.50. The summed E-state index contributed by atoms with van der Waals surface area (Å²) in [5.74, 6) is 3.11. The summed E-state index contributed by atoms with van der Waals surface area (Å²) in [6.45, 7) is 10.5. The lowest BCUT2D eigenvalue weighted by atomic mass is 10.0. The smallest absolute Gasteiger partial charge is 0.232 e. The van der Waals surface area contributed by atoms with Gasteiger partial charge in [0.05, 0.1) is 13.2 Å². The Labute approximate surface area is 214 Å². The van der Waals surface area contributed by atoms with Crippen LogP contribution < -0.4 is 25.3 Å². The molecule has 0 radical (unpaired) electrons. The molecular weight excluding hydrogens is 458 g/mol. The van der Waals surface area contributed by atoms with Crippen molar-refractivity contribution in [3.8, 4) is 0 Å². The minimum atomic E-state index is 0.533. The van der Waals surface area contributed by atoms with Gasteiger partial charge in [0.25, 0.3) is 0 Å². The fourth-order valence-electron chi connectivity index (χ4n) is 5.12. The molecular formula is C26H37N7OS. The summed E-state index contributed by atoms with van der Waals surface area (Å²) in [7, 11) is 0. The number of rotatable bonds is 6. The van der Waals surface area contributed by atoms with E-state index in [-0.39, 0.29) is 0 Å². The molecule has 9 heteroatoms. The number of ether oxygens (including phenoxy) is 1. The van der Waals surface area contributed by atoms with Gasteiger partial charge in [-0.3, -0.25) is 0 Å². The lowest BCUT2D eigenvalue weighted by molar-refractivity contribution is 0.122. The molecule has 5 rings (SSSR count). The summed E-state index contributed by atoms with van der Waals surface area (Å²) in [5, 5.41) is 7.10. The van der Waals surface area contributed by atoms with Crippen LogP contribution in [-0.4, -0.2) is 67.6 Å². The number of hydrogen-bond acceptors (Lipinski definition) is 7. The fourth-order valence-corrected chi connectivity index (χ4v) is 5.28. The van der Waals surface area contributed by atoms with Gasteiger partial charge < -0.3 is 30.1 Å². The molecule has 2 aromatic rings. The zero-order valence-electron chi connectivity index (χ0n) is 20.7. The topological polar surface area (TPSA) is 68.8 Å². The third-order valence-corrected chi connectivity index (χ3v) is 7.35. The van der Waals surface area contributed by atoms with Crippen molar-refractivity contribution in [2.24, 2.45) is 5.92 Å². The molecule has 0 aliphatic carbocycles. The molecule has 1 aromatic carbocycles. The number of morpholine rings is 1. The molecule has 1 atom stereocenters. The van der Waals surface area contributed by atoms with Crippen molar-refractivity contribution in [1.29, 1.82) is 0 Å². The molecule has 188 valence electrons. The average Bonchev–Trinajstić information content (AvgIpc) is 3.43.